The van der Waals surface area contributed by atoms with Crippen molar-refractivity contribution in [2.75, 3.05) is 45.9 Å². The second kappa shape index (κ2) is 8.29. The van der Waals surface area contributed by atoms with Crippen LogP contribution in [0.4, 0.5) is 0 Å². The van der Waals surface area contributed by atoms with E-state index in [4.69, 9.17) is 9.47 Å². The molecule has 1 unspecified atom stereocenters. The van der Waals surface area contributed by atoms with Crippen LogP contribution >= 0.6 is 15.9 Å². The summed E-state index contributed by atoms with van der Waals surface area (Å²) in [5.74, 6) is 0.920. The van der Waals surface area contributed by atoms with Gasteiger partial charge in [-0.2, -0.15) is 0 Å². The number of nitrogens with zero attached hydrogens (tertiary/aromatic N) is 1. The van der Waals surface area contributed by atoms with Crippen molar-refractivity contribution in [3.63, 3.8) is 0 Å². The molecule has 22 heavy (non-hydrogen) atoms. The molecule has 5 heteroatoms. The number of halogens is 1. The van der Waals surface area contributed by atoms with E-state index in [1.807, 2.05) is 0 Å². The molecule has 0 saturated carbocycles. The van der Waals surface area contributed by atoms with E-state index in [1.165, 1.54) is 37.9 Å². The quantitative estimate of drug-likeness (QED) is 0.865. The fourth-order valence-corrected chi connectivity index (χ4v) is 3.44. The van der Waals surface area contributed by atoms with Gasteiger partial charge in [-0.25, -0.2) is 0 Å². The number of hydrogen-bond donors (Lipinski definition) is 1. The molecule has 1 aromatic rings. The van der Waals surface area contributed by atoms with Gasteiger partial charge in [-0.05, 0) is 59.6 Å². The summed E-state index contributed by atoms with van der Waals surface area (Å²) < 4.78 is 12.8. The molecule has 2 aliphatic rings. The molecule has 0 spiro atoms. The molecule has 0 aromatic heterocycles. The first kappa shape index (κ1) is 16.2. The minimum absolute atomic E-state index is 0.131. The van der Waals surface area contributed by atoms with Crippen molar-refractivity contribution in [1.29, 1.82) is 0 Å². The molecule has 1 aromatic carbocycles. The number of hydrogen-bond acceptors (Lipinski definition) is 4. The first-order valence-electron chi connectivity index (χ1n) is 8.30. The summed E-state index contributed by atoms with van der Waals surface area (Å²) in [5.41, 5.74) is 1.18. The number of rotatable bonds is 5. The van der Waals surface area contributed by atoms with Crippen molar-refractivity contribution in [2.24, 2.45) is 0 Å². The second-order valence-electron chi connectivity index (χ2n) is 6.00. The lowest BCUT2D eigenvalue weighted by Gasteiger charge is -2.26. The monoisotopic (exact) mass is 368 g/mol. The third kappa shape index (κ3) is 4.44. The van der Waals surface area contributed by atoms with E-state index in [2.05, 4.69) is 44.3 Å². The van der Waals surface area contributed by atoms with Gasteiger partial charge in [0.1, 0.15) is 12.4 Å². The van der Waals surface area contributed by atoms with Crippen LogP contribution in [0.25, 0.3) is 0 Å². The van der Waals surface area contributed by atoms with Gasteiger partial charge in [0.15, 0.2) is 0 Å². The van der Waals surface area contributed by atoms with Gasteiger partial charge in [0, 0.05) is 19.6 Å². The minimum atomic E-state index is 0.131. The fourth-order valence-electron chi connectivity index (χ4n) is 3.08. The number of nitrogens with one attached hydrogen (secondary N) is 1. The highest BCUT2D eigenvalue weighted by Gasteiger charge is 2.17. The standard InChI is InChI=1S/C17H25BrN2O2/c18-15-5-4-14(17-13-19-6-10-21-17)12-16(15)22-11-9-20-7-2-1-3-8-20/h4-5,12,17,19H,1-3,6-11,13H2. The Balaban J connectivity index is 1.55. The number of likely N-dealkylation sites (tertiary alicyclic amines) is 1. The lowest BCUT2D eigenvalue weighted by Crippen LogP contribution is -2.33. The van der Waals surface area contributed by atoms with Gasteiger partial charge in [0.2, 0.25) is 0 Å². The van der Waals surface area contributed by atoms with Crippen LogP contribution in [0.3, 0.4) is 0 Å². The second-order valence-corrected chi connectivity index (χ2v) is 6.86. The van der Waals surface area contributed by atoms with E-state index < -0.39 is 0 Å². The Morgan fingerprint density at radius 1 is 1.27 bits per heavy atom. The number of morpholine rings is 1. The van der Waals surface area contributed by atoms with Crippen LogP contribution in [0.5, 0.6) is 5.75 Å². The molecular weight excluding hydrogens is 344 g/mol. The van der Waals surface area contributed by atoms with Crippen LogP contribution in [-0.2, 0) is 4.74 Å². The molecule has 0 aliphatic carbocycles. The third-order valence-electron chi connectivity index (χ3n) is 4.37. The van der Waals surface area contributed by atoms with Gasteiger partial charge in [0.05, 0.1) is 17.2 Å². The predicted molar refractivity (Wildman–Crippen MR) is 91.5 cm³/mol. The van der Waals surface area contributed by atoms with Crippen molar-refractivity contribution < 1.29 is 9.47 Å². The van der Waals surface area contributed by atoms with Crippen LogP contribution < -0.4 is 10.1 Å². The molecule has 0 radical (unpaired) electrons. The van der Waals surface area contributed by atoms with E-state index in [0.29, 0.717) is 0 Å². The molecule has 2 fully saturated rings. The number of ether oxygens (including phenoxy) is 2. The van der Waals surface area contributed by atoms with Crippen molar-refractivity contribution >= 4 is 15.9 Å². The molecule has 1 N–H and O–H groups in total. The topological polar surface area (TPSA) is 33.7 Å². The Morgan fingerprint density at radius 3 is 2.91 bits per heavy atom. The maximum Gasteiger partial charge on any atom is 0.133 e. The third-order valence-corrected chi connectivity index (χ3v) is 5.02. The summed E-state index contributed by atoms with van der Waals surface area (Å²) in [6.07, 6.45) is 4.16. The van der Waals surface area contributed by atoms with Crippen LogP contribution in [0.15, 0.2) is 22.7 Å². The molecule has 2 saturated heterocycles. The summed E-state index contributed by atoms with van der Waals surface area (Å²) in [7, 11) is 0. The molecular formula is C17H25BrN2O2. The molecule has 2 aliphatic heterocycles. The lowest BCUT2D eigenvalue weighted by molar-refractivity contribution is 0.0275. The lowest BCUT2D eigenvalue weighted by atomic mass is 10.1. The highest BCUT2D eigenvalue weighted by Crippen LogP contribution is 2.30. The van der Waals surface area contributed by atoms with Crippen LogP contribution in [0, 0.1) is 0 Å². The smallest absolute Gasteiger partial charge is 0.133 e. The van der Waals surface area contributed by atoms with Gasteiger partial charge in [0.25, 0.3) is 0 Å². The van der Waals surface area contributed by atoms with E-state index in [9.17, 15) is 0 Å². The SMILES string of the molecule is Brc1ccc(C2CNCCO2)cc1OCCN1CCCCC1. The first-order valence-corrected chi connectivity index (χ1v) is 9.09. The molecule has 0 amide bonds. The first-order chi connectivity index (χ1) is 10.8. The van der Waals surface area contributed by atoms with Crippen molar-refractivity contribution in [2.45, 2.75) is 25.4 Å². The summed E-state index contributed by atoms with van der Waals surface area (Å²) in [6.45, 7) is 6.76. The average Bonchev–Trinajstić information content (AvgIpc) is 2.58. The summed E-state index contributed by atoms with van der Waals surface area (Å²) in [5, 5.41) is 3.37. The average molecular weight is 369 g/mol. The van der Waals surface area contributed by atoms with E-state index in [0.717, 1.165) is 43.1 Å². The van der Waals surface area contributed by atoms with Gasteiger partial charge < -0.3 is 14.8 Å². The highest BCUT2D eigenvalue weighted by atomic mass is 79.9. The maximum absolute atomic E-state index is 6.01. The summed E-state index contributed by atoms with van der Waals surface area (Å²) >= 11 is 3.59. The Hall–Kier alpha value is -0.620. The van der Waals surface area contributed by atoms with Gasteiger partial charge in [-0.3, -0.25) is 4.90 Å². The van der Waals surface area contributed by atoms with Crippen LogP contribution in [0.2, 0.25) is 0 Å². The van der Waals surface area contributed by atoms with Crippen molar-refractivity contribution in [3.8, 4) is 5.75 Å². The molecule has 3 rings (SSSR count). The molecule has 0 bridgehead atoms. The molecule has 4 nitrogen and oxygen atoms in total. The Labute approximate surface area is 141 Å². The van der Waals surface area contributed by atoms with Crippen molar-refractivity contribution in [3.05, 3.63) is 28.2 Å². The Morgan fingerprint density at radius 2 is 2.14 bits per heavy atom. The molecule has 122 valence electrons. The van der Waals surface area contributed by atoms with E-state index >= 15 is 0 Å². The molecule has 1 atom stereocenters. The van der Waals surface area contributed by atoms with Crippen LogP contribution in [-0.4, -0.2) is 50.8 Å². The highest BCUT2D eigenvalue weighted by molar-refractivity contribution is 9.10. The number of piperidine rings is 1. The van der Waals surface area contributed by atoms with Crippen LogP contribution in [0.1, 0.15) is 30.9 Å². The van der Waals surface area contributed by atoms with Crippen molar-refractivity contribution in [1.82, 2.24) is 10.2 Å². The van der Waals surface area contributed by atoms with E-state index in [-0.39, 0.29) is 6.10 Å². The van der Waals surface area contributed by atoms with E-state index in [1.54, 1.807) is 0 Å². The normalized spacial score (nSPS) is 23.4. The zero-order valence-electron chi connectivity index (χ0n) is 13.0. The van der Waals surface area contributed by atoms with Gasteiger partial charge >= 0.3 is 0 Å². The zero-order chi connectivity index (χ0) is 15.2. The Kier molecular flexibility index (Phi) is 6.12. The summed E-state index contributed by atoms with van der Waals surface area (Å²) in [6, 6.07) is 6.28. The zero-order valence-corrected chi connectivity index (χ0v) is 14.6. The minimum Gasteiger partial charge on any atom is -0.491 e. The molecule has 2 heterocycles. The summed E-state index contributed by atoms with van der Waals surface area (Å²) in [4.78, 5) is 2.50. The number of benzene rings is 1. The predicted octanol–water partition coefficient (Wildman–Crippen LogP) is 2.97. The largest absolute Gasteiger partial charge is 0.491 e. The maximum atomic E-state index is 6.01. The fraction of sp³-hybridized carbons (Fsp3) is 0.647. The Bertz CT molecular complexity index is 472. The van der Waals surface area contributed by atoms with Gasteiger partial charge in [-0.15, -0.1) is 0 Å². The van der Waals surface area contributed by atoms with Gasteiger partial charge in [-0.1, -0.05) is 12.5 Å².